The Morgan fingerprint density at radius 3 is 2.26 bits per heavy atom. The van der Waals surface area contributed by atoms with Crippen LogP contribution in [0.25, 0.3) is 11.3 Å². The molecule has 0 spiro atoms. The average Bonchev–Trinajstić information content (AvgIpc) is 2.80. The van der Waals surface area contributed by atoms with Gasteiger partial charge in [-0.2, -0.15) is 0 Å². The highest BCUT2D eigenvalue weighted by atomic mass is 32.2. The molecule has 1 aromatic carbocycles. The van der Waals surface area contributed by atoms with Gasteiger partial charge in [0.05, 0.1) is 30.0 Å². The summed E-state index contributed by atoms with van der Waals surface area (Å²) in [6.07, 6.45) is 0.373. The van der Waals surface area contributed by atoms with Crippen molar-refractivity contribution in [1.82, 2.24) is 9.97 Å². The Morgan fingerprint density at radius 2 is 1.71 bits per heavy atom. The lowest BCUT2D eigenvalue weighted by Gasteiger charge is -2.25. The van der Waals surface area contributed by atoms with Gasteiger partial charge in [-0.05, 0) is 74.2 Å². The third-order valence-corrected chi connectivity index (χ3v) is 7.32. The monoisotopic (exact) mass is 507 g/mol. The van der Waals surface area contributed by atoms with Gasteiger partial charge < -0.3 is 15.3 Å². The first-order chi connectivity index (χ1) is 16.5. The molecule has 0 saturated heterocycles. The lowest BCUT2D eigenvalue weighted by atomic mass is 9.93. The third kappa shape index (κ3) is 8.74. The second kappa shape index (κ2) is 13.8. The predicted octanol–water partition coefficient (Wildman–Crippen LogP) is 5.20. The summed E-state index contributed by atoms with van der Waals surface area (Å²) in [5, 5.41) is 29.6. The van der Waals surface area contributed by atoms with Crippen molar-refractivity contribution in [3.63, 3.8) is 0 Å². The van der Waals surface area contributed by atoms with Crippen LogP contribution >= 0.6 is 11.9 Å². The normalized spacial score (nSPS) is 13.3. The smallest absolute Gasteiger partial charge is 0.305 e. The van der Waals surface area contributed by atoms with Crippen molar-refractivity contribution in [2.75, 3.05) is 11.4 Å². The van der Waals surface area contributed by atoms with Gasteiger partial charge in [-0.15, -0.1) is 0 Å². The molecule has 3 N–H and O–H groups in total. The molecule has 2 aromatic rings. The molecule has 194 valence electrons. The maximum Gasteiger partial charge on any atom is 0.305 e. The fourth-order valence-electron chi connectivity index (χ4n) is 3.94. The van der Waals surface area contributed by atoms with Crippen LogP contribution in [0.15, 0.2) is 24.3 Å². The second-order valence-corrected chi connectivity index (χ2v) is 10.5. The third-order valence-electron chi connectivity index (χ3n) is 5.87. The standard InChI is InChI=1S/C26H38FN3O4S/c1-6-21(7-2)35-30(5)26-28-24(16(3)4)22(13-12-19(31)14-20(32)15-23(33)34)25(29-26)17-8-10-18(27)11-9-17/h8-11,16,19-21,31-32H,6-7,12-15H2,1-5H3,(H,33,34)/t19-,20-/m1/s1. The van der Waals surface area contributed by atoms with Crippen LogP contribution in [0, 0.1) is 5.82 Å². The number of carboxylic acids is 1. The highest BCUT2D eigenvalue weighted by molar-refractivity contribution is 8.01. The molecular formula is C26H38FN3O4S. The molecule has 0 fully saturated rings. The molecule has 35 heavy (non-hydrogen) atoms. The van der Waals surface area contributed by atoms with E-state index in [-0.39, 0.29) is 18.2 Å². The summed E-state index contributed by atoms with van der Waals surface area (Å²) in [5.41, 5.74) is 3.16. The van der Waals surface area contributed by atoms with Crippen molar-refractivity contribution in [2.45, 2.75) is 89.6 Å². The minimum Gasteiger partial charge on any atom is -0.481 e. The van der Waals surface area contributed by atoms with Crippen molar-refractivity contribution in [3.05, 3.63) is 41.3 Å². The van der Waals surface area contributed by atoms with Gasteiger partial charge in [0.2, 0.25) is 5.95 Å². The lowest BCUT2D eigenvalue weighted by Crippen LogP contribution is -2.22. The van der Waals surface area contributed by atoms with Crippen molar-refractivity contribution in [3.8, 4) is 11.3 Å². The number of aliphatic carboxylic acids is 1. The molecular weight excluding hydrogens is 469 g/mol. The maximum atomic E-state index is 13.7. The molecule has 0 saturated carbocycles. The maximum absolute atomic E-state index is 13.7. The number of anilines is 1. The zero-order chi connectivity index (χ0) is 26.1. The first-order valence-corrected chi connectivity index (χ1v) is 13.0. The number of aromatic nitrogens is 2. The molecule has 2 atom stereocenters. The van der Waals surface area contributed by atoms with E-state index in [0.717, 1.165) is 29.7 Å². The second-order valence-electron chi connectivity index (χ2n) is 9.12. The summed E-state index contributed by atoms with van der Waals surface area (Å²) >= 11 is 1.69. The van der Waals surface area contributed by atoms with Crippen LogP contribution in [0.5, 0.6) is 0 Å². The molecule has 0 aliphatic rings. The summed E-state index contributed by atoms with van der Waals surface area (Å²) in [5.74, 6) is -0.791. The van der Waals surface area contributed by atoms with Crippen molar-refractivity contribution in [1.29, 1.82) is 0 Å². The van der Waals surface area contributed by atoms with E-state index in [1.54, 1.807) is 24.1 Å². The van der Waals surface area contributed by atoms with E-state index in [2.05, 4.69) is 13.8 Å². The molecule has 0 amide bonds. The predicted molar refractivity (Wildman–Crippen MR) is 139 cm³/mol. The van der Waals surface area contributed by atoms with Crippen LogP contribution in [-0.4, -0.2) is 55.8 Å². The van der Waals surface area contributed by atoms with E-state index in [1.807, 2.05) is 25.2 Å². The highest BCUT2D eigenvalue weighted by Gasteiger charge is 2.23. The summed E-state index contributed by atoms with van der Waals surface area (Å²) in [4.78, 5) is 20.6. The SMILES string of the molecule is CCC(CC)SN(C)c1nc(-c2ccc(F)cc2)c(CC[C@@H](O)C[C@@H](O)CC(=O)O)c(C(C)C)n1. The van der Waals surface area contributed by atoms with Gasteiger partial charge in [0.1, 0.15) is 5.82 Å². The van der Waals surface area contributed by atoms with Crippen LogP contribution in [0.2, 0.25) is 0 Å². The Hall–Kier alpha value is -2.23. The topological polar surface area (TPSA) is 107 Å². The number of hydrogen-bond acceptors (Lipinski definition) is 7. The molecule has 0 unspecified atom stereocenters. The number of aliphatic hydroxyl groups excluding tert-OH is 2. The number of nitrogens with zero attached hydrogens (tertiary/aromatic N) is 3. The van der Waals surface area contributed by atoms with Gasteiger partial charge in [0, 0.05) is 23.4 Å². The molecule has 0 aliphatic heterocycles. The van der Waals surface area contributed by atoms with E-state index < -0.39 is 24.6 Å². The fourth-order valence-corrected chi connectivity index (χ4v) is 4.86. The Bertz CT molecular complexity index is 954. The minimum atomic E-state index is -1.11. The summed E-state index contributed by atoms with van der Waals surface area (Å²) in [6.45, 7) is 8.40. The number of hydrogen-bond donors (Lipinski definition) is 3. The van der Waals surface area contributed by atoms with E-state index in [9.17, 15) is 19.4 Å². The Kier molecular flexibility index (Phi) is 11.4. The number of halogens is 1. The van der Waals surface area contributed by atoms with Crippen LogP contribution in [0.1, 0.15) is 77.0 Å². The Labute approximate surface area is 211 Å². The van der Waals surface area contributed by atoms with E-state index in [0.29, 0.717) is 29.7 Å². The molecule has 9 heteroatoms. The number of carbonyl (C=O) groups is 1. The summed E-state index contributed by atoms with van der Waals surface area (Å²) in [6, 6.07) is 6.18. The van der Waals surface area contributed by atoms with Crippen LogP contribution < -0.4 is 4.31 Å². The van der Waals surface area contributed by atoms with Gasteiger partial charge in [-0.3, -0.25) is 9.10 Å². The number of benzene rings is 1. The zero-order valence-corrected chi connectivity index (χ0v) is 22.1. The molecule has 0 aliphatic carbocycles. The zero-order valence-electron chi connectivity index (χ0n) is 21.2. The first-order valence-electron chi connectivity index (χ1n) is 12.2. The molecule has 0 radical (unpaired) electrons. The minimum absolute atomic E-state index is 0.0249. The fraction of sp³-hybridized carbons (Fsp3) is 0.577. The number of carboxylic acid groups (broad SMARTS) is 1. The van der Waals surface area contributed by atoms with Gasteiger partial charge in [-0.1, -0.05) is 27.7 Å². The quantitative estimate of drug-likeness (QED) is 0.300. The van der Waals surface area contributed by atoms with Gasteiger partial charge in [-0.25, -0.2) is 14.4 Å². The van der Waals surface area contributed by atoms with E-state index in [1.165, 1.54) is 12.1 Å². The average molecular weight is 508 g/mol. The molecule has 7 nitrogen and oxygen atoms in total. The highest BCUT2D eigenvalue weighted by Crippen LogP contribution is 2.33. The molecule has 1 aromatic heterocycles. The van der Waals surface area contributed by atoms with Crippen LogP contribution in [-0.2, 0) is 11.2 Å². The Morgan fingerprint density at radius 1 is 1.09 bits per heavy atom. The first kappa shape index (κ1) is 29.0. The summed E-state index contributed by atoms with van der Waals surface area (Å²) in [7, 11) is 1.95. The Balaban J connectivity index is 2.44. The van der Waals surface area contributed by atoms with E-state index >= 15 is 0 Å². The van der Waals surface area contributed by atoms with Crippen molar-refractivity contribution in [2.24, 2.45) is 0 Å². The van der Waals surface area contributed by atoms with Crippen LogP contribution in [0.3, 0.4) is 0 Å². The van der Waals surface area contributed by atoms with E-state index in [4.69, 9.17) is 15.1 Å². The number of rotatable bonds is 14. The molecule has 0 bridgehead atoms. The van der Waals surface area contributed by atoms with Gasteiger partial charge in [0.25, 0.3) is 0 Å². The van der Waals surface area contributed by atoms with Crippen molar-refractivity contribution < 1.29 is 24.5 Å². The lowest BCUT2D eigenvalue weighted by molar-refractivity contribution is -0.139. The van der Waals surface area contributed by atoms with Crippen molar-refractivity contribution >= 4 is 23.9 Å². The van der Waals surface area contributed by atoms with Crippen LogP contribution in [0.4, 0.5) is 10.3 Å². The van der Waals surface area contributed by atoms with Gasteiger partial charge in [0.15, 0.2) is 0 Å². The molecule has 2 rings (SSSR count). The van der Waals surface area contributed by atoms with Gasteiger partial charge >= 0.3 is 5.97 Å². The summed E-state index contributed by atoms with van der Waals surface area (Å²) < 4.78 is 15.6. The largest absolute Gasteiger partial charge is 0.481 e. The molecule has 1 heterocycles. The number of aliphatic hydroxyl groups is 2.